The van der Waals surface area contributed by atoms with Gasteiger partial charge in [-0.05, 0) is 216 Å². The molecule has 1 saturated carbocycles. The standard InChI is InChI=1S/C9H12N2.2C8H10N2.4C7H9N3.C7H8N2O.C7H8N2S.C7H8N2.C6H11N/c1-2-6-10-9-8(4-1)5-3-7-11-9;1-3-7-4-2-6-10-8(7)9-5-1;1-2-7-6-9-5-3-8(7)10-4-1;1-2-6-3-5-9-10-7(6)8-4-1;1-2-6-4-8-5-10-7(6)9-3-1;2*1-2-6-7(9-3-1)10-5-4-8-6;2*1-2-6-7(8-3-1)9-4-5-10-6;1-2-6-3-5-9-7(6)8-4-1;1-2-6-3-5(1)4-7-6/h3,5,7H,1-2,4,6H2,(H,10,11);1,3,5H,2,4,6H2,(H,9,10);3,5-6,10H,1-2,4H2;3,5H,1-2,4H2,(H,8,10);4-5H,1-3H2,(H,8,9,10);4-5H,1-3H2,(H,9,10);1-3,8H,4-5H2,(H,9,10);2*1-3H,4-5H2,(H,8,9);1-2,4H,3,5H2,(H,8,9);5-7H,1-4H2. The molecule has 2 bridgehead atoms. The molecule has 11 aliphatic heterocycles. The molecule has 1 aliphatic carbocycles. The molecule has 560 valence electrons. The Hall–Kier alpha value is -10.8. The van der Waals surface area contributed by atoms with Crippen molar-refractivity contribution in [1.82, 2.24) is 70.3 Å². The Labute approximate surface area is 633 Å². The zero-order valence-electron chi connectivity index (χ0n) is 61.3. The number of piperidine rings is 1. The fraction of sp³-hybridized carbons (Fsp3) is 0.412. The zero-order valence-corrected chi connectivity index (χ0v) is 62.1. The van der Waals surface area contributed by atoms with Crippen molar-refractivity contribution in [2.24, 2.45) is 5.92 Å². The summed E-state index contributed by atoms with van der Waals surface area (Å²) in [6.45, 7) is 13.3. The lowest BCUT2D eigenvalue weighted by atomic mass is 10.1. The topological polar surface area (TPSA) is 321 Å². The first-order valence-corrected chi connectivity index (χ1v) is 39.2. The van der Waals surface area contributed by atoms with Crippen LogP contribution in [-0.4, -0.2) is 162 Å². The molecule has 21 heterocycles. The number of aromatic nitrogens is 13. The smallest absolute Gasteiger partial charge is 0.168 e. The number of rotatable bonds is 0. The van der Waals surface area contributed by atoms with Crippen molar-refractivity contribution in [2.45, 2.75) is 120 Å². The first kappa shape index (κ1) is 75.9. The normalized spacial score (nSPS) is 17.6. The first-order valence-electron chi connectivity index (χ1n) is 38.2. The van der Waals surface area contributed by atoms with E-state index in [9.17, 15) is 0 Å². The highest BCUT2D eigenvalue weighted by Gasteiger charge is 2.30. The molecule has 26 nitrogen and oxygen atoms in total. The molecule has 22 rings (SSSR count). The summed E-state index contributed by atoms with van der Waals surface area (Å²) in [6.07, 6.45) is 44.3. The summed E-state index contributed by atoms with van der Waals surface area (Å²) < 4.78 is 5.30. The lowest BCUT2D eigenvalue weighted by Crippen LogP contribution is -2.23. The molecule has 1 saturated heterocycles. The number of aryl methyl sites for hydroxylation is 6. The maximum atomic E-state index is 5.30. The second kappa shape index (κ2) is 43.0. The van der Waals surface area contributed by atoms with E-state index < -0.39 is 0 Å². The number of anilines is 11. The quantitative estimate of drug-likeness (QED) is 0.0671. The number of hydrogen-bond acceptors (Lipinski definition) is 27. The molecule has 2 atom stereocenters. The molecule has 0 aromatic carbocycles. The zero-order chi connectivity index (χ0) is 72.8. The van der Waals surface area contributed by atoms with Gasteiger partial charge in [-0.2, -0.15) is 5.10 Å². The fourth-order valence-corrected chi connectivity index (χ4v) is 14.3. The van der Waals surface area contributed by atoms with E-state index in [-0.39, 0.29) is 0 Å². The molecule has 27 heteroatoms. The monoisotopic (exact) mass is 1460 g/mol. The lowest BCUT2D eigenvalue weighted by Gasteiger charge is -2.17. The van der Waals surface area contributed by atoms with Crippen LogP contribution in [0.25, 0.3) is 0 Å². The molecule has 10 aromatic heterocycles. The third-order valence-corrected chi connectivity index (χ3v) is 20.0. The van der Waals surface area contributed by atoms with Gasteiger partial charge in [0.05, 0.1) is 24.1 Å². The van der Waals surface area contributed by atoms with E-state index in [1.165, 1.54) is 134 Å². The number of ether oxygens (including phenoxy) is 1. The molecule has 12 N–H and O–H groups in total. The lowest BCUT2D eigenvalue weighted by molar-refractivity contribution is 0.321. The van der Waals surface area contributed by atoms with Crippen LogP contribution in [0, 0.1) is 5.92 Å². The van der Waals surface area contributed by atoms with Crippen molar-refractivity contribution in [3.8, 4) is 5.75 Å². The Kier molecular flexibility index (Phi) is 30.5. The van der Waals surface area contributed by atoms with Gasteiger partial charge in [-0.3, -0.25) is 9.97 Å². The molecular formula is C80H103N25OS. The fourth-order valence-electron chi connectivity index (χ4n) is 13.5. The number of thioether (sulfide) groups is 1. The molecule has 0 spiro atoms. The van der Waals surface area contributed by atoms with Crippen LogP contribution in [0.5, 0.6) is 5.75 Å². The highest BCUT2D eigenvalue weighted by molar-refractivity contribution is 7.99. The maximum Gasteiger partial charge on any atom is 0.168 e. The largest absolute Gasteiger partial charge is 0.488 e. The number of nitrogens with zero attached hydrogens (tertiary/aromatic N) is 13. The van der Waals surface area contributed by atoms with E-state index in [1.807, 2.05) is 116 Å². The van der Waals surface area contributed by atoms with Crippen LogP contribution in [-0.2, 0) is 44.9 Å². The minimum atomic E-state index is 0.735. The predicted octanol–water partition coefficient (Wildman–Crippen LogP) is 12.4. The van der Waals surface area contributed by atoms with Gasteiger partial charge in [-0.25, -0.2) is 44.9 Å². The first-order chi connectivity index (χ1) is 53.1. The van der Waals surface area contributed by atoms with Crippen molar-refractivity contribution in [2.75, 3.05) is 149 Å². The van der Waals surface area contributed by atoms with Gasteiger partial charge in [0, 0.05) is 162 Å². The predicted molar refractivity (Wildman–Crippen MR) is 433 cm³/mol. The van der Waals surface area contributed by atoms with Crippen molar-refractivity contribution in [3.05, 3.63) is 205 Å². The summed E-state index contributed by atoms with van der Waals surface area (Å²) in [5.41, 5.74) is 11.4. The number of pyridine rings is 7. The summed E-state index contributed by atoms with van der Waals surface area (Å²) in [6, 6.07) is 29.2. The Bertz CT molecular complexity index is 3390. The van der Waals surface area contributed by atoms with E-state index >= 15 is 0 Å². The second-order valence-electron chi connectivity index (χ2n) is 26.7. The van der Waals surface area contributed by atoms with Gasteiger partial charge in [0.1, 0.15) is 53.7 Å². The van der Waals surface area contributed by atoms with E-state index in [0.29, 0.717) is 0 Å². The molecule has 2 unspecified atom stereocenters. The van der Waals surface area contributed by atoms with E-state index in [2.05, 4.69) is 153 Å². The van der Waals surface area contributed by atoms with Gasteiger partial charge in [0.25, 0.3) is 0 Å². The minimum absolute atomic E-state index is 0.735. The summed E-state index contributed by atoms with van der Waals surface area (Å²) in [4.78, 5) is 46.8. The van der Waals surface area contributed by atoms with Crippen LogP contribution >= 0.6 is 11.8 Å². The molecular weight excluding hydrogens is 1360 g/mol. The van der Waals surface area contributed by atoms with Crippen LogP contribution in [0.4, 0.5) is 63.7 Å². The van der Waals surface area contributed by atoms with Crippen molar-refractivity contribution in [1.29, 1.82) is 0 Å². The average molecular weight is 1460 g/mol. The number of fused-ring (bicyclic) bond motifs is 12. The van der Waals surface area contributed by atoms with Gasteiger partial charge in [0.15, 0.2) is 17.4 Å². The van der Waals surface area contributed by atoms with Crippen molar-refractivity contribution < 1.29 is 4.74 Å². The minimum Gasteiger partial charge on any atom is -0.488 e. The SMILES string of the molecule is C1CC2CC1CN2.c1cc2c(cn1)CCCN2.c1cc2c(nn1)NCCC2.c1cnc2c(c1)CCCCN2.c1cnc2c(c1)CCCN2.c1cnc2c(c1)CCN2.c1cnc2c(c1)NCCN2.c1cnc2c(c1)OCCN2.c1cnc2c(c1)SCCN2.c1cnc2c(n1)CCCN2.c1ncc2c(n1)NCCC2. The molecule has 2 fully saturated rings. The maximum absolute atomic E-state index is 5.30. The van der Waals surface area contributed by atoms with Gasteiger partial charge in [-0.1, -0.05) is 18.2 Å². The summed E-state index contributed by atoms with van der Waals surface area (Å²) in [5.74, 6) is 12.1. The van der Waals surface area contributed by atoms with Gasteiger partial charge < -0.3 is 68.5 Å². The van der Waals surface area contributed by atoms with Crippen LogP contribution in [0.15, 0.2) is 171 Å². The Balaban J connectivity index is 0.000000110. The Morgan fingerprint density at radius 3 is 1.55 bits per heavy atom. The number of nitrogens with one attached hydrogen (secondary N) is 12. The van der Waals surface area contributed by atoms with E-state index in [1.54, 1.807) is 37.3 Å². The summed E-state index contributed by atoms with van der Waals surface area (Å²) >= 11 is 1.86. The third-order valence-electron chi connectivity index (χ3n) is 19.0. The van der Waals surface area contributed by atoms with Gasteiger partial charge >= 0.3 is 0 Å². The average Bonchev–Trinajstić information content (AvgIpc) is 1.52. The van der Waals surface area contributed by atoms with Crippen LogP contribution in [0.2, 0.25) is 0 Å². The molecule has 0 radical (unpaired) electrons. The second-order valence-corrected chi connectivity index (χ2v) is 27.9. The summed E-state index contributed by atoms with van der Waals surface area (Å²) in [7, 11) is 0. The van der Waals surface area contributed by atoms with Gasteiger partial charge in [0.2, 0.25) is 0 Å². The third kappa shape index (κ3) is 24.6. The Morgan fingerprint density at radius 1 is 0.346 bits per heavy atom. The van der Waals surface area contributed by atoms with Gasteiger partial charge in [-0.15, -0.1) is 16.9 Å². The highest BCUT2D eigenvalue weighted by atomic mass is 32.2. The van der Waals surface area contributed by atoms with E-state index in [4.69, 9.17) is 4.74 Å². The molecule has 10 aromatic rings. The van der Waals surface area contributed by atoms with Crippen molar-refractivity contribution >= 4 is 75.5 Å². The van der Waals surface area contributed by atoms with Crippen LogP contribution in [0.1, 0.15) is 103 Å². The van der Waals surface area contributed by atoms with Crippen molar-refractivity contribution in [3.63, 3.8) is 0 Å². The molecule has 12 aliphatic rings. The van der Waals surface area contributed by atoms with E-state index in [0.717, 1.165) is 191 Å². The molecule has 107 heavy (non-hydrogen) atoms. The molecule has 0 amide bonds. The number of hydrogen-bond donors (Lipinski definition) is 12. The Morgan fingerprint density at radius 2 is 0.888 bits per heavy atom. The van der Waals surface area contributed by atoms with Crippen LogP contribution < -0.4 is 68.5 Å². The summed E-state index contributed by atoms with van der Waals surface area (Å²) in [5, 5.41) is 46.6. The highest BCUT2D eigenvalue weighted by Crippen LogP contribution is 2.31. The van der Waals surface area contributed by atoms with Crippen LogP contribution in [0.3, 0.4) is 0 Å².